The molecule has 0 saturated carbocycles. The van der Waals surface area contributed by atoms with Gasteiger partial charge in [-0.15, -0.1) is 0 Å². The molecule has 0 N–H and O–H groups in total. The maximum Gasteiger partial charge on any atom is 0.135 e. The van der Waals surface area contributed by atoms with Gasteiger partial charge in [0.25, 0.3) is 0 Å². The highest BCUT2D eigenvalue weighted by atomic mass is 15.3. The number of rotatable bonds is 3. The SMILES string of the molecule is CC[C@H]1CN(c2ncnc3c2CCC3)CCN1C(C)C. The van der Waals surface area contributed by atoms with Crippen molar-refractivity contribution in [2.24, 2.45) is 0 Å². The van der Waals surface area contributed by atoms with Crippen molar-refractivity contribution in [3.63, 3.8) is 0 Å². The van der Waals surface area contributed by atoms with Crippen LogP contribution in [0.25, 0.3) is 0 Å². The Balaban J connectivity index is 1.81. The van der Waals surface area contributed by atoms with E-state index in [4.69, 9.17) is 0 Å². The average Bonchev–Trinajstić information content (AvgIpc) is 2.94. The first-order valence-corrected chi connectivity index (χ1v) is 8.04. The Bertz CT molecular complexity index is 472. The van der Waals surface area contributed by atoms with Crippen molar-refractivity contribution in [1.29, 1.82) is 0 Å². The highest BCUT2D eigenvalue weighted by molar-refractivity contribution is 5.51. The van der Waals surface area contributed by atoms with E-state index in [2.05, 4.69) is 40.5 Å². The van der Waals surface area contributed by atoms with Gasteiger partial charge in [0.2, 0.25) is 0 Å². The lowest BCUT2D eigenvalue weighted by atomic mass is 10.1. The van der Waals surface area contributed by atoms with Crippen LogP contribution in [-0.2, 0) is 12.8 Å². The quantitative estimate of drug-likeness (QED) is 0.846. The summed E-state index contributed by atoms with van der Waals surface area (Å²) in [7, 11) is 0. The van der Waals surface area contributed by atoms with Crippen LogP contribution >= 0.6 is 0 Å². The van der Waals surface area contributed by atoms with E-state index >= 15 is 0 Å². The number of nitrogens with zero attached hydrogens (tertiary/aromatic N) is 4. The molecular weight excluding hydrogens is 248 g/mol. The number of aryl methyl sites for hydroxylation is 1. The first-order valence-electron chi connectivity index (χ1n) is 8.04. The lowest BCUT2D eigenvalue weighted by molar-refractivity contribution is 0.133. The van der Waals surface area contributed by atoms with Gasteiger partial charge in [-0.2, -0.15) is 0 Å². The summed E-state index contributed by atoms with van der Waals surface area (Å²) in [5.41, 5.74) is 2.70. The zero-order chi connectivity index (χ0) is 14.1. The molecule has 20 heavy (non-hydrogen) atoms. The lowest BCUT2D eigenvalue weighted by Gasteiger charge is -2.44. The second-order valence-electron chi connectivity index (χ2n) is 6.32. The predicted molar refractivity (Wildman–Crippen MR) is 82.2 cm³/mol. The van der Waals surface area contributed by atoms with E-state index in [1.54, 1.807) is 6.33 Å². The molecule has 4 nitrogen and oxygen atoms in total. The van der Waals surface area contributed by atoms with Gasteiger partial charge in [-0.05, 0) is 39.5 Å². The molecule has 1 fully saturated rings. The molecule has 110 valence electrons. The molecule has 0 spiro atoms. The molecule has 0 bridgehead atoms. The third-order valence-electron chi connectivity index (χ3n) is 4.81. The van der Waals surface area contributed by atoms with E-state index < -0.39 is 0 Å². The van der Waals surface area contributed by atoms with E-state index in [0.717, 1.165) is 32.5 Å². The molecule has 1 aliphatic heterocycles. The Hall–Kier alpha value is -1.16. The van der Waals surface area contributed by atoms with Crippen LogP contribution in [0, 0.1) is 0 Å². The van der Waals surface area contributed by atoms with Gasteiger partial charge in [0.15, 0.2) is 0 Å². The fourth-order valence-corrected chi connectivity index (χ4v) is 3.72. The van der Waals surface area contributed by atoms with Crippen LogP contribution in [0.5, 0.6) is 0 Å². The minimum absolute atomic E-state index is 0.637. The molecule has 1 atom stereocenters. The summed E-state index contributed by atoms with van der Waals surface area (Å²) >= 11 is 0. The summed E-state index contributed by atoms with van der Waals surface area (Å²) in [5, 5.41) is 0. The first kappa shape index (κ1) is 13.8. The Morgan fingerprint density at radius 2 is 2.10 bits per heavy atom. The Morgan fingerprint density at radius 3 is 2.85 bits per heavy atom. The maximum absolute atomic E-state index is 4.61. The first-order chi connectivity index (χ1) is 9.70. The van der Waals surface area contributed by atoms with Crippen molar-refractivity contribution in [3.05, 3.63) is 17.6 Å². The third-order valence-corrected chi connectivity index (χ3v) is 4.81. The summed E-state index contributed by atoms with van der Waals surface area (Å²) < 4.78 is 0. The second kappa shape index (κ2) is 5.68. The molecule has 0 aromatic carbocycles. The van der Waals surface area contributed by atoms with Crippen molar-refractivity contribution in [2.75, 3.05) is 24.5 Å². The van der Waals surface area contributed by atoms with E-state index in [9.17, 15) is 0 Å². The number of aromatic nitrogens is 2. The van der Waals surface area contributed by atoms with E-state index in [1.165, 1.54) is 29.9 Å². The van der Waals surface area contributed by atoms with Gasteiger partial charge in [-0.1, -0.05) is 6.92 Å². The van der Waals surface area contributed by atoms with Gasteiger partial charge in [0.1, 0.15) is 12.1 Å². The van der Waals surface area contributed by atoms with Gasteiger partial charge < -0.3 is 4.90 Å². The van der Waals surface area contributed by atoms with Crippen LogP contribution < -0.4 is 4.90 Å². The molecule has 1 aromatic rings. The molecule has 4 heteroatoms. The Labute approximate surface area is 122 Å². The van der Waals surface area contributed by atoms with Crippen LogP contribution in [0.15, 0.2) is 6.33 Å². The third kappa shape index (κ3) is 2.41. The van der Waals surface area contributed by atoms with E-state index in [-0.39, 0.29) is 0 Å². The summed E-state index contributed by atoms with van der Waals surface area (Å²) in [4.78, 5) is 14.2. The fourth-order valence-electron chi connectivity index (χ4n) is 3.72. The van der Waals surface area contributed by atoms with Gasteiger partial charge in [-0.3, -0.25) is 4.90 Å². The largest absolute Gasteiger partial charge is 0.353 e. The molecule has 3 rings (SSSR count). The molecule has 0 radical (unpaired) electrons. The Kier molecular flexibility index (Phi) is 3.92. The van der Waals surface area contributed by atoms with Crippen LogP contribution in [0.3, 0.4) is 0 Å². The zero-order valence-corrected chi connectivity index (χ0v) is 13.0. The monoisotopic (exact) mass is 274 g/mol. The highest BCUT2D eigenvalue weighted by Crippen LogP contribution is 2.29. The number of hydrogen-bond donors (Lipinski definition) is 0. The lowest BCUT2D eigenvalue weighted by Crippen LogP contribution is -2.55. The molecular formula is C16H26N4. The van der Waals surface area contributed by atoms with Crippen molar-refractivity contribution >= 4 is 5.82 Å². The maximum atomic E-state index is 4.61. The smallest absolute Gasteiger partial charge is 0.135 e. The van der Waals surface area contributed by atoms with Gasteiger partial charge in [-0.25, -0.2) is 9.97 Å². The molecule has 2 aliphatic rings. The fraction of sp³-hybridized carbons (Fsp3) is 0.750. The zero-order valence-electron chi connectivity index (χ0n) is 13.0. The van der Waals surface area contributed by atoms with E-state index in [0.29, 0.717) is 12.1 Å². The topological polar surface area (TPSA) is 32.3 Å². The molecule has 1 saturated heterocycles. The number of fused-ring (bicyclic) bond motifs is 1. The predicted octanol–water partition coefficient (Wildman–Crippen LogP) is 2.27. The molecule has 1 aliphatic carbocycles. The molecule has 2 heterocycles. The second-order valence-corrected chi connectivity index (χ2v) is 6.32. The van der Waals surface area contributed by atoms with Crippen LogP contribution in [0.1, 0.15) is 44.9 Å². The minimum Gasteiger partial charge on any atom is -0.353 e. The van der Waals surface area contributed by atoms with Crippen molar-refractivity contribution in [3.8, 4) is 0 Å². The minimum atomic E-state index is 0.637. The van der Waals surface area contributed by atoms with E-state index in [1.807, 2.05) is 0 Å². The van der Waals surface area contributed by atoms with Crippen molar-refractivity contribution in [1.82, 2.24) is 14.9 Å². The van der Waals surface area contributed by atoms with Crippen LogP contribution in [0.2, 0.25) is 0 Å². The summed E-state index contributed by atoms with van der Waals surface area (Å²) in [6.45, 7) is 10.3. The molecule has 0 amide bonds. The van der Waals surface area contributed by atoms with Gasteiger partial charge >= 0.3 is 0 Å². The Morgan fingerprint density at radius 1 is 1.25 bits per heavy atom. The van der Waals surface area contributed by atoms with Gasteiger partial charge in [0.05, 0.1) is 0 Å². The van der Waals surface area contributed by atoms with Crippen LogP contribution in [0.4, 0.5) is 5.82 Å². The average molecular weight is 274 g/mol. The highest BCUT2D eigenvalue weighted by Gasteiger charge is 2.30. The number of piperazine rings is 1. The summed E-state index contributed by atoms with van der Waals surface area (Å²) in [5.74, 6) is 1.22. The van der Waals surface area contributed by atoms with Crippen molar-refractivity contribution in [2.45, 2.75) is 58.5 Å². The van der Waals surface area contributed by atoms with Gasteiger partial charge in [0, 0.05) is 43.0 Å². The van der Waals surface area contributed by atoms with Crippen molar-refractivity contribution < 1.29 is 0 Å². The summed E-state index contributed by atoms with van der Waals surface area (Å²) in [6.07, 6.45) is 6.50. The standard InChI is InChI=1S/C16H26N4/c1-4-13-10-19(8-9-20(13)12(2)3)16-14-6-5-7-15(14)17-11-18-16/h11-13H,4-10H2,1-3H3/t13-/m0/s1. The number of hydrogen-bond acceptors (Lipinski definition) is 4. The normalized spacial score (nSPS) is 23.4. The van der Waals surface area contributed by atoms with Crippen LogP contribution in [-0.4, -0.2) is 46.6 Å². The molecule has 0 unspecified atom stereocenters. The summed E-state index contributed by atoms with van der Waals surface area (Å²) in [6, 6.07) is 1.29. The molecule has 1 aromatic heterocycles. The number of anilines is 1.